The Balaban J connectivity index is 1.35. The lowest BCUT2D eigenvalue weighted by molar-refractivity contribution is -0.118. The monoisotopic (exact) mass is 419 g/mol. The second kappa shape index (κ2) is 8.00. The van der Waals surface area contributed by atoms with Gasteiger partial charge in [-0.1, -0.05) is 60.3 Å². The van der Waals surface area contributed by atoms with Crippen molar-refractivity contribution in [1.82, 2.24) is 31.1 Å². The van der Waals surface area contributed by atoms with E-state index in [1.165, 1.54) is 0 Å². The number of carbonyl (C=O) groups is 1. The van der Waals surface area contributed by atoms with E-state index in [1.807, 2.05) is 23.2 Å². The summed E-state index contributed by atoms with van der Waals surface area (Å²) in [6, 6.07) is 16.4. The first-order chi connectivity index (χ1) is 14.7. The Bertz CT molecular complexity index is 1080. The van der Waals surface area contributed by atoms with Crippen molar-refractivity contribution >= 4 is 22.8 Å². The van der Waals surface area contributed by atoms with Gasteiger partial charge in [0, 0.05) is 11.5 Å². The van der Waals surface area contributed by atoms with E-state index in [4.69, 9.17) is 0 Å². The van der Waals surface area contributed by atoms with Gasteiger partial charge in [0.05, 0.1) is 11.9 Å². The normalized spacial score (nSPS) is 20.1. The minimum absolute atomic E-state index is 0.00672. The maximum absolute atomic E-state index is 12.1. The molecule has 0 spiro atoms. The summed E-state index contributed by atoms with van der Waals surface area (Å²) < 4.78 is 0. The molecule has 1 unspecified atom stereocenters. The van der Waals surface area contributed by atoms with E-state index in [1.54, 1.807) is 11.8 Å². The van der Waals surface area contributed by atoms with Gasteiger partial charge in [-0.25, -0.2) is 10.5 Å². The number of benzene rings is 2. The number of H-pyrrole nitrogens is 1. The second-order valence-corrected chi connectivity index (χ2v) is 8.78. The van der Waals surface area contributed by atoms with Gasteiger partial charge in [0.1, 0.15) is 0 Å². The van der Waals surface area contributed by atoms with Crippen molar-refractivity contribution in [3.63, 3.8) is 0 Å². The summed E-state index contributed by atoms with van der Waals surface area (Å²) in [5, 5.41) is 17.2. The number of rotatable bonds is 5. The molecule has 8 nitrogen and oxygen atoms in total. The molecule has 9 heteroatoms. The number of thioether (sulfide) groups is 1. The zero-order valence-electron chi connectivity index (χ0n) is 16.4. The molecule has 1 saturated heterocycles. The predicted molar refractivity (Wildman–Crippen MR) is 116 cm³/mol. The van der Waals surface area contributed by atoms with E-state index < -0.39 is 0 Å². The summed E-state index contributed by atoms with van der Waals surface area (Å²) in [6.07, 6.45) is 1.94. The van der Waals surface area contributed by atoms with E-state index in [0.29, 0.717) is 12.4 Å². The van der Waals surface area contributed by atoms with Crippen LogP contribution in [-0.4, -0.2) is 42.1 Å². The number of aromatic nitrogens is 4. The highest BCUT2D eigenvalue weighted by atomic mass is 32.2. The second-order valence-electron chi connectivity index (χ2n) is 7.47. The van der Waals surface area contributed by atoms with Crippen molar-refractivity contribution < 1.29 is 4.79 Å². The van der Waals surface area contributed by atoms with Gasteiger partial charge in [-0.15, -0.1) is 5.10 Å². The van der Waals surface area contributed by atoms with E-state index in [-0.39, 0.29) is 17.2 Å². The zero-order chi connectivity index (χ0) is 20.5. The van der Waals surface area contributed by atoms with Crippen LogP contribution in [0.5, 0.6) is 0 Å². The Hall–Kier alpha value is -3.04. The number of nitrogens with one attached hydrogen (secondary N) is 2. The van der Waals surface area contributed by atoms with Crippen LogP contribution in [0, 0.1) is 5.92 Å². The fourth-order valence-electron chi connectivity index (χ4n) is 3.43. The summed E-state index contributed by atoms with van der Waals surface area (Å²) in [4.78, 5) is 16.5. The third-order valence-corrected chi connectivity index (χ3v) is 6.10. The lowest BCUT2D eigenvalue weighted by Crippen LogP contribution is -2.36. The number of tetrazole rings is 1. The molecule has 1 aliphatic carbocycles. The van der Waals surface area contributed by atoms with Gasteiger partial charge in [0.25, 0.3) is 5.91 Å². The minimum atomic E-state index is 0.00672. The highest BCUT2D eigenvalue weighted by Gasteiger charge is 2.32. The molecule has 2 heterocycles. The third kappa shape index (κ3) is 3.99. The molecule has 3 aromatic rings. The number of amidine groups is 1. The Morgan fingerprint density at radius 1 is 1.17 bits per heavy atom. The molecular formula is C21H21N7OS. The molecule has 1 amide bonds. The van der Waals surface area contributed by atoms with Crippen LogP contribution in [0.4, 0.5) is 0 Å². The molecule has 2 aliphatic rings. The van der Waals surface area contributed by atoms with Gasteiger partial charge < -0.3 is 0 Å². The summed E-state index contributed by atoms with van der Waals surface area (Å²) >= 11 is 1.59. The van der Waals surface area contributed by atoms with Crippen LogP contribution >= 0.6 is 11.8 Å². The molecule has 5 rings (SSSR count). The smallest absolute Gasteiger partial charge is 0.251 e. The minimum Gasteiger partial charge on any atom is -0.281 e. The van der Waals surface area contributed by atoms with E-state index in [9.17, 15) is 4.79 Å². The standard InChI is InChI=1S/C21H21N7OS/c1-13-25-28(21(30-13)22-20(29)16-10-11-16)12-14-6-8-15(9-7-14)17-4-2-3-5-18(17)19-23-26-27-24-19/h2-9,13,16,25H,10-12H2,1H3,(H,23,24,26,27). The molecule has 0 radical (unpaired) electrons. The molecule has 1 atom stereocenters. The molecule has 1 saturated carbocycles. The van der Waals surface area contributed by atoms with E-state index in [0.717, 1.165) is 40.3 Å². The van der Waals surface area contributed by atoms with Gasteiger partial charge in [-0.2, -0.15) is 4.99 Å². The van der Waals surface area contributed by atoms with Crippen LogP contribution in [0.15, 0.2) is 53.5 Å². The first kappa shape index (κ1) is 19.0. The van der Waals surface area contributed by atoms with Gasteiger partial charge in [-0.05, 0) is 46.9 Å². The van der Waals surface area contributed by atoms with Crippen LogP contribution in [0.1, 0.15) is 25.3 Å². The van der Waals surface area contributed by atoms with Crippen molar-refractivity contribution in [1.29, 1.82) is 0 Å². The van der Waals surface area contributed by atoms with Crippen molar-refractivity contribution in [3.8, 4) is 22.5 Å². The number of carbonyl (C=O) groups excluding carboxylic acids is 1. The molecular weight excluding hydrogens is 398 g/mol. The number of aromatic amines is 1. The largest absolute Gasteiger partial charge is 0.281 e. The number of hydrazine groups is 1. The lowest BCUT2D eigenvalue weighted by atomic mass is 9.98. The van der Waals surface area contributed by atoms with E-state index in [2.05, 4.69) is 68.3 Å². The van der Waals surface area contributed by atoms with Gasteiger partial charge >= 0.3 is 0 Å². The number of aliphatic imine (C=N–C) groups is 1. The first-order valence-corrected chi connectivity index (χ1v) is 10.8. The van der Waals surface area contributed by atoms with Crippen molar-refractivity contribution in [2.75, 3.05) is 0 Å². The van der Waals surface area contributed by atoms with Crippen LogP contribution in [-0.2, 0) is 11.3 Å². The summed E-state index contributed by atoms with van der Waals surface area (Å²) in [6.45, 7) is 2.71. The van der Waals surface area contributed by atoms with Crippen molar-refractivity contribution in [2.45, 2.75) is 31.7 Å². The fraction of sp³-hybridized carbons (Fsp3) is 0.286. The Labute approximate surface area is 178 Å². The summed E-state index contributed by atoms with van der Waals surface area (Å²) in [7, 11) is 0. The van der Waals surface area contributed by atoms with Gasteiger partial charge in [0.2, 0.25) is 0 Å². The topological polar surface area (TPSA) is 99.2 Å². The molecule has 1 aromatic heterocycles. The number of hydrogen-bond donors (Lipinski definition) is 2. The highest BCUT2D eigenvalue weighted by Crippen LogP contribution is 2.32. The molecule has 2 fully saturated rings. The summed E-state index contributed by atoms with van der Waals surface area (Å²) in [5.74, 6) is 0.783. The quantitative estimate of drug-likeness (QED) is 0.655. The summed E-state index contributed by atoms with van der Waals surface area (Å²) in [5.41, 5.74) is 7.60. The Kier molecular flexibility index (Phi) is 5.06. The lowest BCUT2D eigenvalue weighted by Gasteiger charge is -2.18. The predicted octanol–water partition coefficient (Wildman–Crippen LogP) is 3.23. The van der Waals surface area contributed by atoms with Crippen LogP contribution in [0.3, 0.4) is 0 Å². The maximum atomic E-state index is 12.1. The molecule has 2 aromatic carbocycles. The molecule has 30 heavy (non-hydrogen) atoms. The SMILES string of the molecule is CC1NN(Cc2ccc(-c3ccccc3-c3nnn[nH]3)cc2)C(=NC(=O)C2CC2)S1. The molecule has 0 bridgehead atoms. The highest BCUT2D eigenvalue weighted by molar-refractivity contribution is 8.14. The fourth-order valence-corrected chi connectivity index (χ4v) is 4.31. The molecule has 152 valence electrons. The Morgan fingerprint density at radius 3 is 2.63 bits per heavy atom. The van der Waals surface area contributed by atoms with Crippen molar-refractivity contribution in [3.05, 3.63) is 54.1 Å². The van der Waals surface area contributed by atoms with Crippen LogP contribution in [0.25, 0.3) is 22.5 Å². The number of amides is 1. The average molecular weight is 420 g/mol. The number of nitrogens with zero attached hydrogens (tertiary/aromatic N) is 5. The third-order valence-electron chi connectivity index (χ3n) is 5.12. The molecule has 1 aliphatic heterocycles. The number of hydrogen-bond acceptors (Lipinski definition) is 6. The first-order valence-electron chi connectivity index (χ1n) is 9.93. The van der Waals surface area contributed by atoms with E-state index >= 15 is 0 Å². The Morgan fingerprint density at radius 2 is 1.93 bits per heavy atom. The van der Waals surface area contributed by atoms with Crippen molar-refractivity contribution in [2.24, 2.45) is 10.9 Å². The zero-order valence-corrected chi connectivity index (χ0v) is 17.3. The molecule has 2 N–H and O–H groups in total. The average Bonchev–Trinajstić information content (AvgIpc) is 3.37. The van der Waals surface area contributed by atoms with Gasteiger partial charge in [0.15, 0.2) is 11.0 Å². The van der Waals surface area contributed by atoms with Crippen LogP contribution in [0.2, 0.25) is 0 Å². The maximum Gasteiger partial charge on any atom is 0.251 e. The van der Waals surface area contributed by atoms with Gasteiger partial charge in [-0.3, -0.25) is 9.80 Å². The van der Waals surface area contributed by atoms with Crippen LogP contribution < -0.4 is 5.43 Å².